The number of hydrogen-bond donors (Lipinski definition) is 1. The number of nitrogens with one attached hydrogen (secondary N) is 1. The monoisotopic (exact) mass is 433 g/mol. The molecule has 0 bridgehead atoms. The molecule has 2 aromatic carbocycles. The molecule has 0 aromatic heterocycles. The number of carbonyl (C=O) groups is 2. The van der Waals surface area contributed by atoms with Gasteiger partial charge in [0.1, 0.15) is 11.3 Å². The fourth-order valence-electron chi connectivity index (χ4n) is 2.93. The van der Waals surface area contributed by atoms with Gasteiger partial charge in [-0.3, -0.25) is 19.7 Å². The lowest BCUT2D eigenvalue weighted by Gasteiger charge is -2.30. The Labute approximate surface area is 179 Å². The van der Waals surface area contributed by atoms with Crippen LogP contribution in [0.3, 0.4) is 0 Å². The summed E-state index contributed by atoms with van der Waals surface area (Å²) in [4.78, 5) is 37.5. The van der Waals surface area contributed by atoms with Crippen LogP contribution in [0.5, 0.6) is 5.75 Å². The highest BCUT2D eigenvalue weighted by Gasteiger charge is 2.33. The Hall–Kier alpha value is -2.97. The molecular weight excluding hydrogens is 410 g/mol. The summed E-state index contributed by atoms with van der Waals surface area (Å²) < 4.78 is 5.34. The highest BCUT2D eigenvalue weighted by atomic mass is 35.5. The lowest BCUT2D eigenvalue weighted by Crippen LogP contribution is -2.55. The van der Waals surface area contributed by atoms with E-state index in [1.54, 1.807) is 39.0 Å². The lowest BCUT2D eigenvalue weighted by atomic mass is 10.0. The van der Waals surface area contributed by atoms with Crippen LogP contribution >= 0.6 is 11.6 Å². The molecular formula is C21H24ClN3O5. The Morgan fingerprint density at radius 1 is 1.17 bits per heavy atom. The van der Waals surface area contributed by atoms with Crippen molar-refractivity contribution < 1.29 is 19.2 Å². The molecule has 2 amide bonds. The van der Waals surface area contributed by atoms with Crippen LogP contribution in [0.4, 0.5) is 5.69 Å². The van der Waals surface area contributed by atoms with Crippen LogP contribution in [0.15, 0.2) is 36.4 Å². The van der Waals surface area contributed by atoms with Crippen molar-refractivity contribution in [3.63, 3.8) is 0 Å². The molecule has 0 fully saturated rings. The van der Waals surface area contributed by atoms with Crippen LogP contribution in [-0.2, 0) is 6.42 Å². The maximum Gasteiger partial charge on any atom is 0.283 e. The van der Waals surface area contributed by atoms with E-state index in [-0.39, 0.29) is 16.1 Å². The van der Waals surface area contributed by atoms with Crippen molar-refractivity contribution in [1.82, 2.24) is 10.4 Å². The Morgan fingerprint density at radius 2 is 1.80 bits per heavy atom. The number of halogens is 1. The van der Waals surface area contributed by atoms with Crippen LogP contribution in [0, 0.1) is 10.1 Å². The van der Waals surface area contributed by atoms with Crippen molar-refractivity contribution in [2.45, 2.75) is 39.7 Å². The summed E-state index contributed by atoms with van der Waals surface area (Å²) in [6.07, 6.45) is 0.490. The Morgan fingerprint density at radius 3 is 2.33 bits per heavy atom. The highest BCUT2D eigenvalue weighted by Crippen LogP contribution is 2.27. The quantitative estimate of drug-likeness (QED) is 0.411. The molecule has 0 saturated carbocycles. The molecule has 2 rings (SSSR count). The highest BCUT2D eigenvalue weighted by molar-refractivity contribution is 6.31. The number of ether oxygens (including phenoxy) is 1. The van der Waals surface area contributed by atoms with E-state index in [0.717, 1.165) is 11.1 Å². The molecule has 1 N–H and O–H groups in total. The number of hydrogen-bond acceptors (Lipinski definition) is 6. The van der Waals surface area contributed by atoms with Gasteiger partial charge in [0.15, 0.2) is 0 Å². The second-order valence-corrected chi connectivity index (χ2v) is 8.00. The number of benzene rings is 2. The van der Waals surface area contributed by atoms with Crippen LogP contribution in [0.1, 0.15) is 54.0 Å². The van der Waals surface area contributed by atoms with Crippen LogP contribution in [0.2, 0.25) is 5.02 Å². The normalized spacial score (nSPS) is 11.1. The summed E-state index contributed by atoms with van der Waals surface area (Å²) >= 11 is 5.86. The second-order valence-electron chi connectivity index (χ2n) is 7.57. The van der Waals surface area contributed by atoms with Gasteiger partial charge in [0.05, 0.1) is 12.0 Å². The zero-order valence-corrected chi connectivity index (χ0v) is 18.2. The SMILES string of the molecule is CCc1c(OC)cccc1C(=O)N(NC(C)(C)C)C(=O)c1ccc(Cl)cc1[N+](=O)[O-]. The molecule has 0 saturated heterocycles. The van der Waals surface area contributed by atoms with E-state index < -0.39 is 28.0 Å². The lowest BCUT2D eigenvalue weighted by molar-refractivity contribution is -0.385. The minimum atomic E-state index is -0.858. The standard InChI is InChI=1S/C21H24ClN3O5/c1-6-14-15(8-7-9-18(14)30-5)19(26)24(23-21(2,3)4)20(27)16-11-10-13(22)12-17(16)25(28)29/h7-12,23H,6H2,1-5H3. The molecule has 160 valence electrons. The molecule has 0 spiro atoms. The third kappa shape index (κ3) is 5.14. The van der Waals surface area contributed by atoms with Crippen molar-refractivity contribution >= 4 is 29.1 Å². The molecule has 0 aliphatic heterocycles. The number of nitro benzene ring substituents is 1. The largest absolute Gasteiger partial charge is 0.496 e. The van der Waals surface area contributed by atoms with Crippen LogP contribution in [0.25, 0.3) is 0 Å². The van der Waals surface area contributed by atoms with Crippen LogP contribution < -0.4 is 10.2 Å². The van der Waals surface area contributed by atoms with Gasteiger partial charge in [0, 0.05) is 27.8 Å². The first-order chi connectivity index (χ1) is 14.0. The average molecular weight is 434 g/mol. The number of methoxy groups -OCH3 is 1. The van der Waals surface area contributed by atoms with Crippen molar-refractivity contribution in [1.29, 1.82) is 0 Å². The van der Waals surface area contributed by atoms with E-state index in [9.17, 15) is 19.7 Å². The summed E-state index contributed by atoms with van der Waals surface area (Å²) in [5.74, 6) is -0.984. The fourth-order valence-corrected chi connectivity index (χ4v) is 3.10. The molecule has 0 radical (unpaired) electrons. The van der Waals surface area contributed by atoms with Crippen LogP contribution in [-0.4, -0.2) is 34.4 Å². The molecule has 30 heavy (non-hydrogen) atoms. The van der Waals surface area contributed by atoms with Gasteiger partial charge in [-0.25, -0.2) is 10.4 Å². The third-order valence-corrected chi connectivity index (χ3v) is 4.41. The number of carbonyl (C=O) groups excluding carboxylic acids is 2. The number of hydrazine groups is 1. The van der Waals surface area contributed by atoms with Gasteiger partial charge in [-0.1, -0.05) is 24.6 Å². The second kappa shape index (κ2) is 9.23. The van der Waals surface area contributed by atoms with Gasteiger partial charge in [-0.15, -0.1) is 0 Å². The Kier molecular flexibility index (Phi) is 7.17. The molecule has 9 heteroatoms. The third-order valence-electron chi connectivity index (χ3n) is 4.18. The van der Waals surface area contributed by atoms with Gasteiger partial charge in [-0.05, 0) is 51.5 Å². The summed E-state index contributed by atoms with van der Waals surface area (Å²) in [7, 11) is 1.50. The smallest absolute Gasteiger partial charge is 0.283 e. The maximum absolute atomic E-state index is 13.4. The number of nitrogens with zero attached hydrogens (tertiary/aromatic N) is 2. The predicted molar refractivity (Wildman–Crippen MR) is 114 cm³/mol. The van der Waals surface area contributed by atoms with E-state index in [0.29, 0.717) is 17.7 Å². The minimum Gasteiger partial charge on any atom is -0.496 e. The number of amides is 2. The molecule has 0 unspecified atom stereocenters. The van der Waals surface area contributed by atoms with Gasteiger partial charge >= 0.3 is 0 Å². The van der Waals surface area contributed by atoms with Crippen molar-refractivity contribution in [3.05, 3.63) is 68.2 Å². The molecule has 0 aliphatic carbocycles. The Bertz CT molecular complexity index is 985. The van der Waals surface area contributed by atoms with Crippen molar-refractivity contribution in [2.75, 3.05) is 7.11 Å². The number of rotatable bonds is 6. The predicted octanol–water partition coefficient (Wildman–Crippen LogP) is 4.40. The van der Waals surface area contributed by atoms with E-state index in [2.05, 4.69) is 5.43 Å². The molecule has 8 nitrogen and oxygen atoms in total. The molecule has 0 heterocycles. The van der Waals surface area contributed by atoms with Crippen molar-refractivity contribution in [3.8, 4) is 5.75 Å². The van der Waals surface area contributed by atoms with E-state index in [1.165, 1.54) is 19.2 Å². The van der Waals surface area contributed by atoms with E-state index >= 15 is 0 Å². The summed E-state index contributed by atoms with van der Waals surface area (Å²) in [5.41, 5.74) is 2.33. The molecule has 0 atom stereocenters. The van der Waals surface area contributed by atoms with Gasteiger partial charge in [0.2, 0.25) is 0 Å². The summed E-state index contributed by atoms with van der Waals surface area (Å²) in [6.45, 7) is 7.16. The first kappa shape index (κ1) is 23.3. The zero-order valence-electron chi connectivity index (χ0n) is 17.5. The minimum absolute atomic E-state index is 0.112. The molecule has 0 aliphatic rings. The Balaban J connectivity index is 2.62. The van der Waals surface area contributed by atoms with E-state index in [1.807, 2.05) is 6.92 Å². The zero-order chi connectivity index (χ0) is 22.6. The van der Waals surface area contributed by atoms with E-state index in [4.69, 9.17) is 16.3 Å². The molecule has 2 aromatic rings. The number of nitro groups is 1. The fraction of sp³-hybridized carbons (Fsp3) is 0.333. The van der Waals surface area contributed by atoms with Gasteiger partial charge < -0.3 is 4.74 Å². The van der Waals surface area contributed by atoms with Gasteiger partial charge in [0.25, 0.3) is 17.5 Å². The first-order valence-corrected chi connectivity index (χ1v) is 9.64. The summed E-state index contributed by atoms with van der Waals surface area (Å²) in [5, 5.41) is 12.4. The topological polar surface area (TPSA) is 102 Å². The van der Waals surface area contributed by atoms with Crippen molar-refractivity contribution in [2.24, 2.45) is 0 Å². The first-order valence-electron chi connectivity index (χ1n) is 9.26. The summed E-state index contributed by atoms with van der Waals surface area (Å²) in [6, 6.07) is 8.64. The van der Waals surface area contributed by atoms with Gasteiger partial charge in [-0.2, -0.15) is 0 Å². The average Bonchev–Trinajstić information content (AvgIpc) is 2.69. The maximum atomic E-state index is 13.4. The number of imide groups is 1.